The average molecular weight is 564 g/mol. The van der Waals surface area contributed by atoms with Gasteiger partial charge in [-0.1, -0.05) is 19.9 Å². The highest BCUT2D eigenvalue weighted by Gasteiger charge is 2.32. The average Bonchev–Trinajstić information content (AvgIpc) is 3.38. The van der Waals surface area contributed by atoms with Crippen molar-refractivity contribution in [3.05, 3.63) is 52.0 Å². The van der Waals surface area contributed by atoms with Crippen LogP contribution in [0.3, 0.4) is 0 Å². The zero-order chi connectivity index (χ0) is 27.1. The second kappa shape index (κ2) is 10.2. The number of fused-ring (bicyclic) bond motifs is 1. The van der Waals surface area contributed by atoms with Gasteiger partial charge in [0, 0.05) is 28.8 Å². The summed E-state index contributed by atoms with van der Waals surface area (Å²) in [5.41, 5.74) is 2.58. The van der Waals surface area contributed by atoms with Crippen LogP contribution in [0.1, 0.15) is 42.0 Å². The SMILES string of the molecule is Cc1cc(C)c(C(C)(C)CC(=O)Nc2ccc3nc(C4=N[C@@H](C(=O)O)CS4)sc3c2)c(OP(=O)(O)O)c1. The minimum Gasteiger partial charge on any atom is -0.480 e. The summed E-state index contributed by atoms with van der Waals surface area (Å²) in [6.45, 7) is 7.25. The summed E-state index contributed by atoms with van der Waals surface area (Å²) >= 11 is 2.73. The number of thioether (sulfide) groups is 1. The van der Waals surface area contributed by atoms with Crippen molar-refractivity contribution in [3.63, 3.8) is 0 Å². The Kier molecular flexibility index (Phi) is 7.51. The Hall–Kier alpha value is -2.76. The Morgan fingerprint density at radius 3 is 2.59 bits per heavy atom. The second-order valence-corrected chi connectivity index (χ2v) is 12.6. The van der Waals surface area contributed by atoms with E-state index in [0.29, 0.717) is 27.1 Å². The number of carbonyl (C=O) groups excluding carboxylic acids is 1. The molecule has 4 rings (SSSR count). The van der Waals surface area contributed by atoms with Crippen LogP contribution in [-0.2, 0) is 19.6 Å². The lowest BCUT2D eigenvalue weighted by Crippen LogP contribution is -2.27. The van der Waals surface area contributed by atoms with E-state index in [4.69, 9.17) is 9.63 Å². The van der Waals surface area contributed by atoms with Crippen molar-refractivity contribution in [1.29, 1.82) is 0 Å². The van der Waals surface area contributed by atoms with Gasteiger partial charge in [-0.3, -0.25) is 19.6 Å². The van der Waals surface area contributed by atoms with E-state index in [-0.39, 0.29) is 18.1 Å². The molecule has 1 aliphatic heterocycles. The zero-order valence-corrected chi connectivity index (χ0v) is 23.0. The third kappa shape index (κ3) is 6.39. The van der Waals surface area contributed by atoms with Crippen LogP contribution in [0.4, 0.5) is 5.69 Å². The number of aromatic nitrogens is 1. The molecule has 0 unspecified atom stereocenters. The number of hydrogen-bond donors (Lipinski definition) is 4. The number of hydrogen-bond acceptors (Lipinski definition) is 8. The molecule has 0 aliphatic carbocycles. The maximum Gasteiger partial charge on any atom is 0.524 e. The lowest BCUT2D eigenvalue weighted by atomic mass is 9.78. The molecule has 1 amide bonds. The Morgan fingerprint density at radius 1 is 1.22 bits per heavy atom. The van der Waals surface area contributed by atoms with E-state index in [1.165, 1.54) is 23.1 Å². The molecule has 1 atom stereocenters. The number of amides is 1. The number of phosphoric acid groups is 1. The van der Waals surface area contributed by atoms with E-state index in [2.05, 4.69) is 15.3 Å². The second-order valence-electron chi connectivity index (χ2n) is 9.45. The molecule has 0 spiro atoms. The van der Waals surface area contributed by atoms with Crippen LogP contribution in [0, 0.1) is 13.8 Å². The Balaban J connectivity index is 1.53. The summed E-state index contributed by atoms with van der Waals surface area (Å²) in [4.78, 5) is 51.8. The van der Waals surface area contributed by atoms with Gasteiger partial charge in [-0.2, -0.15) is 0 Å². The van der Waals surface area contributed by atoms with E-state index in [1.807, 2.05) is 26.8 Å². The molecular weight excluding hydrogens is 537 g/mol. The predicted octanol–water partition coefficient (Wildman–Crippen LogP) is 4.64. The van der Waals surface area contributed by atoms with Crippen LogP contribution in [0.25, 0.3) is 10.2 Å². The summed E-state index contributed by atoms with van der Waals surface area (Å²) in [5, 5.41) is 13.3. The number of aliphatic carboxylic acids is 1. The molecule has 13 heteroatoms. The molecule has 37 heavy (non-hydrogen) atoms. The molecule has 196 valence electrons. The van der Waals surface area contributed by atoms with Gasteiger partial charge in [0.1, 0.15) is 15.8 Å². The smallest absolute Gasteiger partial charge is 0.480 e. The summed E-state index contributed by atoms with van der Waals surface area (Å²) in [7, 11) is -4.80. The topological polar surface area (TPSA) is 158 Å². The number of carbonyl (C=O) groups is 2. The third-order valence-corrected chi connectivity index (χ3v) is 8.37. The van der Waals surface area contributed by atoms with Crippen molar-refractivity contribution in [1.82, 2.24) is 4.98 Å². The van der Waals surface area contributed by atoms with Gasteiger partial charge in [0.2, 0.25) is 5.91 Å². The zero-order valence-electron chi connectivity index (χ0n) is 20.5. The Labute approximate surface area is 221 Å². The monoisotopic (exact) mass is 563 g/mol. The number of carboxylic acids is 1. The molecule has 0 bridgehead atoms. The minimum absolute atomic E-state index is 0.0322. The van der Waals surface area contributed by atoms with Crippen LogP contribution >= 0.6 is 30.9 Å². The molecule has 2 heterocycles. The summed E-state index contributed by atoms with van der Waals surface area (Å²) in [6.07, 6.45) is 0.0322. The van der Waals surface area contributed by atoms with Crippen LogP contribution in [0.2, 0.25) is 0 Å². The van der Waals surface area contributed by atoms with E-state index >= 15 is 0 Å². The lowest BCUT2D eigenvalue weighted by Gasteiger charge is -2.29. The standard InChI is InChI=1S/C24H26N3O7PS2/c1-12-7-13(2)20(17(8-12)34-35(31,32)33)24(3,4)10-19(28)25-14-5-6-15-18(9-14)37-22(26-15)21-27-16(11-36-21)23(29)30/h5-9,16H,10-11H2,1-4H3,(H,25,28)(H,29,30)(H2,31,32,33)/t16-/m1/s1. The Bertz CT molecular complexity index is 1480. The molecule has 0 radical (unpaired) electrons. The van der Waals surface area contributed by atoms with Crippen molar-refractivity contribution in [2.24, 2.45) is 4.99 Å². The van der Waals surface area contributed by atoms with Gasteiger partial charge in [-0.25, -0.2) is 14.3 Å². The first-order valence-electron chi connectivity index (χ1n) is 11.2. The fraction of sp³-hybridized carbons (Fsp3) is 0.333. The molecule has 0 saturated carbocycles. The lowest BCUT2D eigenvalue weighted by molar-refractivity contribution is -0.137. The van der Waals surface area contributed by atoms with E-state index < -0.39 is 25.2 Å². The highest BCUT2D eigenvalue weighted by atomic mass is 32.2. The van der Waals surface area contributed by atoms with Crippen LogP contribution in [-0.4, -0.2) is 48.6 Å². The summed E-state index contributed by atoms with van der Waals surface area (Å²) < 4.78 is 17.4. The first-order valence-corrected chi connectivity index (χ1v) is 14.6. The molecule has 0 fully saturated rings. The van der Waals surface area contributed by atoms with E-state index in [0.717, 1.165) is 21.3 Å². The van der Waals surface area contributed by atoms with Crippen molar-refractivity contribution in [2.45, 2.75) is 45.6 Å². The molecule has 1 aromatic heterocycles. The number of aryl methyl sites for hydroxylation is 2. The minimum atomic E-state index is -4.80. The van der Waals surface area contributed by atoms with Gasteiger partial charge >= 0.3 is 13.8 Å². The number of benzene rings is 2. The van der Waals surface area contributed by atoms with Gasteiger partial charge in [0.15, 0.2) is 6.04 Å². The molecule has 10 nitrogen and oxygen atoms in total. The van der Waals surface area contributed by atoms with Crippen molar-refractivity contribution < 1.29 is 33.6 Å². The number of rotatable bonds is 8. The predicted molar refractivity (Wildman–Crippen MR) is 145 cm³/mol. The number of phosphoric ester groups is 1. The van der Waals surface area contributed by atoms with Gasteiger partial charge in [0.25, 0.3) is 0 Å². The molecular formula is C24H26N3O7PS2. The van der Waals surface area contributed by atoms with Crippen LogP contribution in [0.5, 0.6) is 5.75 Å². The molecule has 3 aromatic rings. The highest BCUT2D eigenvalue weighted by Crippen LogP contribution is 2.45. The first kappa shape index (κ1) is 27.3. The maximum atomic E-state index is 13.0. The van der Waals surface area contributed by atoms with Crippen LogP contribution < -0.4 is 9.84 Å². The normalized spacial score (nSPS) is 16.1. The number of thiazole rings is 1. The van der Waals surface area contributed by atoms with Gasteiger partial charge in [0.05, 0.1) is 10.2 Å². The van der Waals surface area contributed by atoms with Gasteiger partial charge in [-0.05, 0) is 49.2 Å². The Morgan fingerprint density at radius 2 is 1.95 bits per heavy atom. The summed E-state index contributed by atoms with van der Waals surface area (Å²) in [5.74, 6) is -0.812. The third-order valence-electron chi connectivity index (χ3n) is 5.73. The number of anilines is 1. The fourth-order valence-corrected chi connectivity index (χ4v) is 6.90. The number of aliphatic imine (C=N–C) groups is 1. The van der Waals surface area contributed by atoms with E-state index in [9.17, 15) is 23.9 Å². The first-order chi connectivity index (χ1) is 17.2. The fourth-order valence-electron chi connectivity index (χ4n) is 4.40. The van der Waals surface area contributed by atoms with Crippen molar-refractivity contribution >= 4 is 63.7 Å². The van der Waals surface area contributed by atoms with Crippen molar-refractivity contribution in [2.75, 3.05) is 11.1 Å². The van der Waals surface area contributed by atoms with Crippen molar-refractivity contribution in [3.8, 4) is 5.75 Å². The number of carboxylic acid groups (broad SMARTS) is 1. The molecule has 2 aromatic carbocycles. The summed E-state index contributed by atoms with van der Waals surface area (Å²) in [6, 6.07) is 7.98. The molecule has 1 aliphatic rings. The van der Waals surface area contributed by atoms with Gasteiger partial charge in [-0.15, -0.1) is 23.1 Å². The quantitative estimate of drug-likeness (QED) is 0.287. The number of nitrogens with zero attached hydrogens (tertiary/aromatic N) is 2. The van der Waals surface area contributed by atoms with E-state index in [1.54, 1.807) is 31.2 Å². The van der Waals surface area contributed by atoms with Gasteiger partial charge < -0.3 is 14.9 Å². The highest BCUT2D eigenvalue weighted by molar-refractivity contribution is 8.15. The molecule has 0 saturated heterocycles. The largest absolute Gasteiger partial charge is 0.524 e. The number of nitrogens with one attached hydrogen (secondary N) is 1. The van der Waals surface area contributed by atoms with Crippen LogP contribution in [0.15, 0.2) is 35.3 Å². The maximum absolute atomic E-state index is 13.0. The molecule has 4 N–H and O–H groups in total.